The lowest BCUT2D eigenvalue weighted by molar-refractivity contribution is -0.115. The number of nitrogens with one attached hydrogen (secondary N) is 2. The Kier molecular flexibility index (Phi) is 5.12. The number of carbonyl (C=O) groups excluding carboxylic acids is 1. The number of nitrogens with zero attached hydrogens (tertiary/aromatic N) is 2. The Morgan fingerprint density at radius 1 is 1.14 bits per heavy atom. The number of H-pyrrole nitrogens is 1. The Morgan fingerprint density at radius 3 is 2.75 bits per heavy atom. The highest BCUT2D eigenvalue weighted by Gasteiger charge is 2.13. The van der Waals surface area contributed by atoms with Crippen molar-refractivity contribution in [1.82, 2.24) is 15.0 Å². The second kappa shape index (κ2) is 7.85. The summed E-state index contributed by atoms with van der Waals surface area (Å²) in [5.74, 6) is 0.357. The van der Waals surface area contributed by atoms with Crippen LogP contribution in [0.3, 0.4) is 0 Å². The molecule has 0 aliphatic rings. The van der Waals surface area contributed by atoms with E-state index in [0.717, 1.165) is 11.2 Å². The fraction of sp³-hybridized carbons (Fsp3) is 0.150. The van der Waals surface area contributed by atoms with Gasteiger partial charge in [-0.3, -0.25) is 4.79 Å². The Morgan fingerprint density at radius 2 is 2.00 bits per heavy atom. The lowest BCUT2D eigenvalue weighted by Gasteiger charge is -2.11. The van der Waals surface area contributed by atoms with Crippen molar-refractivity contribution in [1.29, 1.82) is 0 Å². The van der Waals surface area contributed by atoms with Crippen LogP contribution in [0.4, 0.5) is 14.5 Å². The number of imidazole rings is 1. The van der Waals surface area contributed by atoms with Gasteiger partial charge < -0.3 is 10.3 Å². The van der Waals surface area contributed by atoms with Gasteiger partial charge in [-0.05, 0) is 34.9 Å². The van der Waals surface area contributed by atoms with Crippen molar-refractivity contribution < 1.29 is 13.6 Å². The van der Waals surface area contributed by atoms with Crippen molar-refractivity contribution >= 4 is 34.0 Å². The van der Waals surface area contributed by atoms with Crippen molar-refractivity contribution in [3.63, 3.8) is 0 Å². The molecule has 0 bridgehead atoms. The van der Waals surface area contributed by atoms with Crippen LogP contribution in [0.2, 0.25) is 0 Å². The van der Waals surface area contributed by atoms with Crippen molar-refractivity contribution in [2.24, 2.45) is 0 Å². The quantitative estimate of drug-likeness (QED) is 0.490. The average molecular weight is 398 g/mol. The second-order valence-electron chi connectivity index (χ2n) is 6.24. The minimum Gasteiger partial charge on any atom is -0.337 e. The number of halogens is 2. The summed E-state index contributed by atoms with van der Waals surface area (Å²) < 4.78 is 26.3. The van der Waals surface area contributed by atoms with Crippen LogP contribution in [0.5, 0.6) is 0 Å². The number of aromatic amines is 1. The number of thiazole rings is 1. The molecule has 0 aliphatic carbocycles. The van der Waals surface area contributed by atoms with Gasteiger partial charge in [0.15, 0.2) is 5.82 Å². The first-order valence-corrected chi connectivity index (χ1v) is 9.52. The van der Waals surface area contributed by atoms with E-state index in [1.807, 2.05) is 11.4 Å². The van der Waals surface area contributed by atoms with Crippen LogP contribution >= 0.6 is 11.3 Å². The predicted molar refractivity (Wildman–Crippen MR) is 106 cm³/mol. The summed E-state index contributed by atoms with van der Waals surface area (Å²) in [5.41, 5.74) is 5.62. The maximum atomic E-state index is 13.3. The summed E-state index contributed by atoms with van der Waals surface area (Å²) in [6.45, 7) is -1.56. The predicted octanol–water partition coefficient (Wildman–Crippen LogP) is 4.81. The van der Waals surface area contributed by atoms with Gasteiger partial charge in [0, 0.05) is 11.1 Å². The Bertz CT molecular complexity index is 1120. The molecule has 0 spiro atoms. The van der Waals surface area contributed by atoms with Crippen LogP contribution in [0.15, 0.2) is 47.3 Å². The van der Waals surface area contributed by atoms with E-state index < -0.39 is 13.3 Å². The van der Waals surface area contributed by atoms with E-state index in [0.29, 0.717) is 22.6 Å². The molecule has 0 aliphatic heterocycles. The summed E-state index contributed by atoms with van der Waals surface area (Å²) in [7, 11) is 0. The van der Waals surface area contributed by atoms with E-state index in [-0.39, 0.29) is 23.5 Å². The smallest absolute Gasteiger partial charge is 0.228 e. The number of hydrogen-bond acceptors (Lipinski definition) is 4. The summed E-state index contributed by atoms with van der Waals surface area (Å²) in [6, 6.07) is 10.1. The van der Waals surface area contributed by atoms with Gasteiger partial charge in [-0.1, -0.05) is 18.2 Å². The standard InChI is InChI=1S/C20H16F2N4OS/c21-8-13-3-1-2-12(15(13)9-22)6-19(27)24-14-4-5-16-17(7-14)26-20(25-16)18-10-28-11-23-18/h1-5,7,10-11H,6,8-9H2,(H,24,27)(H,25,26). The fourth-order valence-corrected chi connectivity index (χ4v) is 3.60. The Balaban J connectivity index is 1.52. The highest BCUT2D eigenvalue weighted by atomic mass is 32.1. The third-order valence-electron chi connectivity index (χ3n) is 4.44. The lowest BCUT2D eigenvalue weighted by Crippen LogP contribution is -2.15. The molecule has 0 radical (unpaired) electrons. The fourth-order valence-electron chi connectivity index (χ4n) is 3.06. The van der Waals surface area contributed by atoms with Crippen molar-refractivity contribution in [2.45, 2.75) is 19.8 Å². The van der Waals surface area contributed by atoms with Gasteiger partial charge in [0.1, 0.15) is 19.0 Å². The van der Waals surface area contributed by atoms with E-state index in [1.165, 1.54) is 17.4 Å². The molecule has 0 atom stereocenters. The number of aromatic nitrogens is 3. The molecule has 2 aromatic heterocycles. The topological polar surface area (TPSA) is 70.7 Å². The van der Waals surface area contributed by atoms with Gasteiger partial charge in [-0.2, -0.15) is 0 Å². The van der Waals surface area contributed by atoms with Gasteiger partial charge in [0.25, 0.3) is 0 Å². The summed E-state index contributed by atoms with van der Waals surface area (Å²) in [5, 5.41) is 4.69. The molecule has 28 heavy (non-hydrogen) atoms. The first kappa shape index (κ1) is 18.2. The molecule has 2 aromatic carbocycles. The number of carbonyl (C=O) groups is 1. The lowest BCUT2D eigenvalue weighted by atomic mass is 10.00. The summed E-state index contributed by atoms with van der Waals surface area (Å²) in [6.07, 6.45) is -0.0320. The minimum absolute atomic E-state index is 0.0320. The molecular formula is C20H16F2N4OS. The zero-order valence-electron chi connectivity index (χ0n) is 14.7. The second-order valence-corrected chi connectivity index (χ2v) is 6.96. The third kappa shape index (κ3) is 3.63. The number of fused-ring (bicyclic) bond motifs is 1. The van der Waals surface area contributed by atoms with Gasteiger partial charge in [0.05, 0.1) is 23.0 Å². The molecule has 4 aromatic rings. The average Bonchev–Trinajstić information content (AvgIpc) is 3.36. The number of hydrogen-bond donors (Lipinski definition) is 2. The maximum absolute atomic E-state index is 13.3. The Labute approximate surface area is 163 Å². The maximum Gasteiger partial charge on any atom is 0.228 e. The van der Waals surface area contributed by atoms with Crippen LogP contribution in [0.25, 0.3) is 22.6 Å². The van der Waals surface area contributed by atoms with E-state index in [1.54, 1.807) is 29.8 Å². The first-order valence-electron chi connectivity index (χ1n) is 8.57. The van der Waals surface area contributed by atoms with Gasteiger partial charge in [-0.25, -0.2) is 18.7 Å². The molecule has 1 amide bonds. The zero-order chi connectivity index (χ0) is 19.5. The van der Waals surface area contributed by atoms with Crippen LogP contribution in [-0.2, 0) is 24.6 Å². The van der Waals surface area contributed by atoms with Crippen LogP contribution < -0.4 is 5.32 Å². The van der Waals surface area contributed by atoms with Crippen LogP contribution in [0, 0.1) is 0 Å². The highest BCUT2D eigenvalue weighted by Crippen LogP contribution is 2.23. The molecule has 4 rings (SSSR count). The molecule has 0 saturated carbocycles. The zero-order valence-corrected chi connectivity index (χ0v) is 15.5. The number of anilines is 1. The number of alkyl halides is 2. The molecule has 142 valence electrons. The molecule has 0 fully saturated rings. The van der Waals surface area contributed by atoms with E-state index in [2.05, 4.69) is 20.3 Å². The van der Waals surface area contributed by atoms with E-state index in [9.17, 15) is 13.6 Å². The molecular weight excluding hydrogens is 382 g/mol. The molecule has 5 nitrogen and oxygen atoms in total. The number of benzene rings is 2. The molecule has 2 heterocycles. The number of amides is 1. The van der Waals surface area contributed by atoms with Crippen molar-refractivity contribution in [3.05, 3.63) is 64.0 Å². The number of rotatable bonds is 6. The van der Waals surface area contributed by atoms with Crippen molar-refractivity contribution in [2.75, 3.05) is 5.32 Å². The van der Waals surface area contributed by atoms with Gasteiger partial charge in [0.2, 0.25) is 5.91 Å². The van der Waals surface area contributed by atoms with E-state index in [4.69, 9.17) is 0 Å². The summed E-state index contributed by atoms with van der Waals surface area (Å²) in [4.78, 5) is 24.3. The molecule has 0 unspecified atom stereocenters. The normalized spacial score (nSPS) is 11.1. The summed E-state index contributed by atoms with van der Waals surface area (Å²) >= 11 is 1.48. The first-order chi connectivity index (χ1) is 13.7. The largest absolute Gasteiger partial charge is 0.337 e. The minimum atomic E-state index is -0.804. The highest BCUT2D eigenvalue weighted by molar-refractivity contribution is 7.07. The van der Waals surface area contributed by atoms with Crippen LogP contribution in [-0.4, -0.2) is 20.9 Å². The van der Waals surface area contributed by atoms with Gasteiger partial charge in [-0.15, -0.1) is 11.3 Å². The molecule has 0 saturated heterocycles. The van der Waals surface area contributed by atoms with Gasteiger partial charge >= 0.3 is 0 Å². The monoisotopic (exact) mass is 398 g/mol. The van der Waals surface area contributed by atoms with Crippen molar-refractivity contribution in [3.8, 4) is 11.5 Å². The third-order valence-corrected chi connectivity index (χ3v) is 5.03. The van der Waals surface area contributed by atoms with Crippen LogP contribution in [0.1, 0.15) is 16.7 Å². The SMILES string of the molecule is O=C(Cc1cccc(CF)c1CF)Nc1ccc2[nH]c(-c3cscn3)nc2c1. The van der Waals surface area contributed by atoms with E-state index >= 15 is 0 Å². The Hall–Kier alpha value is -3.13. The molecule has 8 heteroatoms. The molecule has 2 N–H and O–H groups in total.